The highest BCUT2D eigenvalue weighted by molar-refractivity contribution is 9.10. The lowest BCUT2D eigenvalue weighted by Crippen LogP contribution is -2.35. The van der Waals surface area contributed by atoms with Gasteiger partial charge in [-0.15, -0.1) is 0 Å². The van der Waals surface area contributed by atoms with Gasteiger partial charge in [0.15, 0.2) is 5.13 Å². The van der Waals surface area contributed by atoms with Crippen LogP contribution in [0.1, 0.15) is 5.69 Å². The van der Waals surface area contributed by atoms with Gasteiger partial charge in [-0.1, -0.05) is 27.3 Å². The third-order valence-electron chi connectivity index (χ3n) is 3.83. The van der Waals surface area contributed by atoms with Crippen molar-refractivity contribution in [2.24, 2.45) is 0 Å². The third kappa shape index (κ3) is 4.27. The van der Waals surface area contributed by atoms with Crippen molar-refractivity contribution < 1.29 is 4.74 Å². The minimum Gasteiger partial charge on any atom is -0.379 e. The summed E-state index contributed by atoms with van der Waals surface area (Å²) < 4.78 is 7.52. The third-order valence-corrected chi connectivity index (χ3v) is 5.42. The Kier molecular flexibility index (Phi) is 5.14. The van der Waals surface area contributed by atoms with E-state index in [2.05, 4.69) is 47.2 Å². The highest BCUT2D eigenvalue weighted by Crippen LogP contribution is 2.30. The summed E-state index contributed by atoms with van der Waals surface area (Å²) in [5.74, 6) is 0.654. The molecular weight excluding hydrogens is 426 g/mol. The van der Waals surface area contributed by atoms with Crippen molar-refractivity contribution in [3.63, 3.8) is 0 Å². The van der Waals surface area contributed by atoms with Crippen LogP contribution in [0.4, 0.5) is 10.9 Å². The van der Waals surface area contributed by atoms with Gasteiger partial charge in [0.1, 0.15) is 5.82 Å². The van der Waals surface area contributed by atoms with E-state index in [0.717, 1.165) is 58.4 Å². The number of ether oxygens (including phenoxy) is 1. The number of anilines is 2. The molecule has 3 heterocycles. The Morgan fingerprint density at radius 3 is 2.88 bits per heavy atom. The molecule has 4 rings (SSSR count). The Morgan fingerprint density at radius 2 is 2.04 bits per heavy atom. The van der Waals surface area contributed by atoms with E-state index < -0.39 is 0 Å². The number of aromatic nitrogens is 3. The number of hydrogen-bond acceptors (Lipinski definition) is 7. The molecule has 2 aromatic heterocycles. The minimum absolute atomic E-state index is 0.233. The van der Waals surface area contributed by atoms with Gasteiger partial charge in [0, 0.05) is 30.2 Å². The van der Waals surface area contributed by atoms with Gasteiger partial charge < -0.3 is 10.1 Å². The molecule has 1 aliphatic heterocycles. The zero-order valence-electron chi connectivity index (χ0n) is 13.2. The molecule has 0 saturated carbocycles. The van der Waals surface area contributed by atoms with Gasteiger partial charge in [0.25, 0.3) is 0 Å². The summed E-state index contributed by atoms with van der Waals surface area (Å²) >= 11 is 11.2. The van der Waals surface area contributed by atoms with Crippen LogP contribution in [-0.4, -0.2) is 46.2 Å². The number of nitrogens with zero attached hydrogens (tertiary/aromatic N) is 4. The second-order valence-corrected chi connectivity index (χ2v) is 7.94. The second kappa shape index (κ2) is 7.51. The van der Waals surface area contributed by atoms with E-state index in [1.807, 2.05) is 18.2 Å². The first-order valence-electron chi connectivity index (χ1n) is 7.82. The van der Waals surface area contributed by atoms with Gasteiger partial charge in [-0.25, -0.2) is 15.0 Å². The van der Waals surface area contributed by atoms with E-state index in [4.69, 9.17) is 16.3 Å². The Morgan fingerprint density at radius 1 is 1.20 bits per heavy atom. The second-order valence-electron chi connectivity index (χ2n) is 5.66. The summed E-state index contributed by atoms with van der Waals surface area (Å²) in [6.07, 6.45) is 0. The molecular formula is C16H15BrClN5OS. The highest BCUT2D eigenvalue weighted by atomic mass is 79.9. The lowest BCUT2D eigenvalue weighted by atomic mass is 10.3. The maximum atomic E-state index is 6.10. The molecule has 1 aliphatic rings. The predicted molar refractivity (Wildman–Crippen MR) is 104 cm³/mol. The topological polar surface area (TPSA) is 63.2 Å². The molecule has 0 amide bonds. The van der Waals surface area contributed by atoms with Crippen molar-refractivity contribution >= 4 is 60.0 Å². The van der Waals surface area contributed by atoms with Crippen LogP contribution in [0.15, 0.2) is 28.7 Å². The summed E-state index contributed by atoms with van der Waals surface area (Å²) in [4.78, 5) is 15.5. The number of halogens is 2. The molecule has 0 unspecified atom stereocenters. The van der Waals surface area contributed by atoms with Crippen LogP contribution < -0.4 is 5.32 Å². The SMILES string of the molecule is Clc1nc(CN2CCOCC2)cc(Nc2nc3ccc(Br)cc3s2)n1. The molecule has 9 heteroatoms. The van der Waals surface area contributed by atoms with Crippen LogP contribution in [0.2, 0.25) is 5.28 Å². The summed E-state index contributed by atoms with van der Waals surface area (Å²) in [6.45, 7) is 4.04. The Balaban J connectivity index is 1.54. The van der Waals surface area contributed by atoms with Crippen LogP contribution in [-0.2, 0) is 11.3 Å². The van der Waals surface area contributed by atoms with Gasteiger partial charge in [-0.3, -0.25) is 4.90 Å². The molecule has 1 aromatic carbocycles. The normalized spacial score (nSPS) is 15.6. The van der Waals surface area contributed by atoms with E-state index in [1.165, 1.54) is 0 Å². The van der Waals surface area contributed by atoms with Crippen molar-refractivity contribution in [3.8, 4) is 0 Å². The van der Waals surface area contributed by atoms with Crippen molar-refractivity contribution in [2.75, 3.05) is 31.6 Å². The lowest BCUT2D eigenvalue weighted by Gasteiger charge is -2.26. The molecule has 1 fully saturated rings. The van der Waals surface area contributed by atoms with Crippen molar-refractivity contribution in [2.45, 2.75) is 6.54 Å². The van der Waals surface area contributed by atoms with E-state index in [1.54, 1.807) is 11.3 Å². The first-order chi connectivity index (χ1) is 12.2. The van der Waals surface area contributed by atoms with Crippen molar-refractivity contribution in [1.82, 2.24) is 19.9 Å². The lowest BCUT2D eigenvalue weighted by molar-refractivity contribution is 0.0336. The summed E-state index contributed by atoms with van der Waals surface area (Å²) in [6, 6.07) is 7.93. The van der Waals surface area contributed by atoms with Crippen LogP contribution >= 0.6 is 38.9 Å². The molecule has 6 nitrogen and oxygen atoms in total. The molecule has 1 N–H and O–H groups in total. The summed E-state index contributed by atoms with van der Waals surface area (Å²) in [7, 11) is 0. The first kappa shape index (κ1) is 17.1. The fraction of sp³-hybridized carbons (Fsp3) is 0.312. The van der Waals surface area contributed by atoms with Crippen molar-refractivity contribution in [1.29, 1.82) is 0 Å². The molecule has 130 valence electrons. The van der Waals surface area contributed by atoms with Gasteiger partial charge in [0.05, 0.1) is 29.1 Å². The quantitative estimate of drug-likeness (QED) is 0.617. The van der Waals surface area contributed by atoms with Crippen LogP contribution in [0.5, 0.6) is 0 Å². The fourth-order valence-corrected chi connectivity index (χ4v) is 4.28. The minimum atomic E-state index is 0.233. The van der Waals surface area contributed by atoms with E-state index in [-0.39, 0.29) is 5.28 Å². The van der Waals surface area contributed by atoms with Gasteiger partial charge in [0.2, 0.25) is 5.28 Å². The summed E-state index contributed by atoms with van der Waals surface area (Å²) in [5, 5.41) is 4.26. The maximum Gasteiger partial charge on any atom is 0.224 e. The van der Waals surface area contributed by atoms with E-state index >= 15 is 0 Å². The Labute approximate surface area is 162 Å². The first-order valence-corrected chi connectivity index (χ1v) is 9.81. The van der Waals surface area contributed by atoms with Crippen LogP contribution in [0, 0.1) is 0 Å². The van der Waals surface area contributed by atoms with Crippen LogP contribution in [0.3, 0.4) is 0 Å². The molecule has 0 spiro atoms. The molecule has 0 radical (unpaired) electrons. The Hall–Kier alpha value is -1.32. The van der Waals surface area contributed by atoms with Crippen LogP contribution in [0.25, 0.3) is 10.2 Å². The molecule has 0 aliphatic carbocycles. The Bertz CT molecular complexity index is 899. The number of morpholine rings is 1. The van der Waals surface area contributed by atoms with Gasteiger partial charge >= 0.3 is 0 Å². The number of benzene rings is 1. The number of thiazole rings is 1. The molecule has 3 aromatic rings. The zero-order chi connectivity index (χ0) is 17.2. The molecule has 25 heavy (non-hydrogen) atoms. The largest absolute Gasteiger partial charge is 0.379 e. The number of fused-ring (bicyclic) bond motifs is 1. The number of nitrogens with one attached hydrogen (secondary N) is 1. The van der Waals surface area contributed by atoms with Crippen molar-refractivity contribution in [3.05, 3.63) is 39.7 Å². The number of hydrogen-bond donors (Lipinski definition) is 1. The molecule has 0 bridgehead atoms. The van der Waals surface area contributed by atoms with Gasteiger partial charge in [-0.05, 0) is 29.8 Å². The van der Waals surface area contributed by atoms with Gasteiger partial charge in [-0.2, -0.15) is 0 Å². The predicted octanol–water partition coefficient (Wildman–Crippen LogP) is 4.08. The smallest absolute Gasteiger partial charge is 0.224 e. The highest BCUT2D eigenvalue weighted by Gasteiger charge is 2.13. The summed E-state index contributed by atoms with van der Waals surface area (Å²) in [5.41, 5.74) is 1.83. The van der Waals surface area contributed by atoms with E-state index in [9.17, 15) is 0 Å². The average Bonchev–Trinajstić information content (AvgIpc) is 2.96. The fourth-order valence-electron chi connectivity index (χ4n) is 2.66. The van der Waals surface area contributed by atoms with E-state index in [0.29, 0.717) is 5.82 Å². The average molecular weight is 441 g/mol. The number of rotatable bonds is 4. The standard InChI is InChI=1S/C16H15BrClN5OS/c17-10-1-2-12-13(7-10)25-16(20-12)22-14-8-11(19-15(18)21-14)9-23-3-5-24-6-4-23/h1-2,7-8H,3-6,9H2,(H,19,20,21,22). The molecule has 0 atom stereocenters. The monoisotopic (exact) mass is 439 g/mol. The molecule has 1 saturated heterocycles. The zero-order valence-corrected chi connectivity index (χ0v) is 16.4. The maximum absolute atomic E-state index is 6.10.